The standard InChI is InChI=1S/C9H14N2O3S/c1-11-4-2-8(10-11)6-9(12)3-5-15(13,14)7-9/h2,4,12H,3,5-7H2,1H3. The van der Waals surface area contributed by atoms with Gasteiger partial charge in [0.25, 0.3) is 0 Å². The van der Waals surface area contributed by atoms with E-state index >= 15 is 0 Å². The van der Waals surface area contributed by atoms with E-state index in [1.54, 1.807) is 24.0 Å². The van der Waals surface area contributed by atoms with Crippen LogP contribution in [0, 0.1) is 0 Å². The Kier molecular flexibility index (Phi) is 2.35. The summed E-state index contributed by atoms with van der Waals surface area (Å²) in [6, 6.07) is 1.79. The topological polar surface area (TPSA) is 72.2 Å². The minimum absolute atomic E-state index is 0.0797. The van der Waals surface area contributed by atoms with Crippen LogP contribution in [0.1, 0.15) is 12.1 Å². The molecule has 1 aromatic rings. The molecule has 1 aliphatic heterocycles. The second-order valence-corrected chi connectivity index (χ2v) is 6.41. The summed E-state index contributed by atoms with van der Waals surface area (Å²) in [4.78, 5) is 0. The number of hydrogen-bond acceptors (Lipinski definition) is 4. The van der Waals surface area contributed by atoms with Gasteiger partial charge in [-0.2, -0.15) is 5.10 Å². The summed E-state index contributed by atoms with van der Waals surface area (Å²) in [5.41, 5.74) is -0.384. The fourth-order valence-corrected chi connectivity index (χ4v) is 3.83. The van der Waals surface area contributed by atoms with Gasteiger partial charge < -0.3 is 5.11 Å². The molecule has 6 heteroatoms. The third-order valence-corrected chi connectivity index (χ3v) is 4.45. The van der Waals surface area contributed by atoms with Gasteiger partial charge in [-0.25, -0.2) is 8.42 Å². The van der Waals surface area contributed by atoms with Crippen LogP contribution in [0.2, 0.25) is 0 Å². The molecule has 15 heavy (non-hydrogen) atoms. The van der Waals surface area contributed by atoms with Gasteiger partial charge in [0.1, 0.15) is 0 Å². The van der Waals surface area contributed by atoms with Gasteiger partial charge in [0.2, 0.25) is 0 Å². The molecule has 1 aromatic heterocycles. The predicted molar refractivity (Wildman–Crippen MR) is 55.1 cm³/mol. The van der Waals surface area contributed by atoms with Crippen molar-refractivity contribution in [2.24, 2.45) is 7.05 Å². The normalized spacial score (nSPS) is 29.5. The monoisotopic (exact) mass is 230 g/mol. The molecule has 0 aliphatic carbocycles. The quantitative estimate of drug-likeness (QED) is 0.744. The van der Waals surface area contributed by atoms with E-state index in [9.17, 15) is 13.5 Å². The Balaban J connectivity index is 2.13. The van der Waals surface area contributed by atoms with E-state index in [0.29, 0.717) is 12.8 Å². The van der Waals surface area contributed by atoms with Crippen molar-refractivity contribution in [3.05, 3.63) is 18.0 Å². The Labute approximate surface area is 88.6 Å². The van der Waals surface area contributed by atoms with Crippen LogP contribution in [0.3, 0.4) is 0 Å². The van der Waals surface area contributed by atoms with Gasteiger partial charge in [0.05, 0.1) is 22.8 Å². The van der Waals surface area contributed by atoms with Gasteiger partial charge in [-0.1, -0.05) is 0 Å². The summed E-state index contributed by atoms with van der Waals surface area (Å²) < 4.78 is 24.2. The number of sulfone groups is 1. The van der Waals surface area contributed by atoms with Crippen LogP contribution in [0.15, 0.2) is 12.3 Å². The number of rotatable bonds is 2. The molecule has 1 atom stereocenters. The molecule has 0 radical (unpaired) electrons. The lowest BCUT2D eigenvalue weighted by atomic mass is 9.97. The van der Waals surface area contributed by atoms with Crippen LogP contribution < -0.4 is 0 Å². The molecule has 2 heterocycles. The second kappa shape index (κ2) is 3.31. The Morgan fingerprint density at radius 2 is 2.40 bits per heavy atom. The summed E-state index contributed by atoms with van der Waals surface area (Å²) in [7, 11) is -1.26. The summed E-state index contributed by atoms with van der Waals surface area (Å²) in [6.07, 6.45) is 2.40. The molecule has 1 aliphatic rings. The molecule has 0 saturated carbocycles. The third kappa shape index (κ3) is 2.38. The number of aromatic nitrogens is 2. The maximum absolute atomic E-state index is 11.3. The highest BCUT2D eigenvalue weighted by atomic mass is 32.2. The van der Waals surface area contributed by atoms with Gasteiger partial charge in [-0.15, -0.1) is 0 Å². The van der Waals surface area contributed by atoms with Crippen molar-refractivity contribution in [3.63, 3.8) is 0 Å². The fraction of sp³-hybridized carbons (Fsp3) is 0.667. The smallest absolute Gasteiger partial charge is 0.153 e. The molecule has 1 N–H and O–H groups in total. The first-order valence-electron chi connectivity index (χ1n) is 4.80. The molecule has 1 saturated heterocycles. The molecule has 2 rings (SSSR count). The third-order valence-electron chi connectivity index (χ3n) is 2.65. The SMILES string of the molecule is Cn1ccc(CC2(O)CCS(=O)(=O)C2)n1. The van der Waals surface area contributed by atoms with Crippen LogP contribution in [0.4, 0.5) is 0 Å². The maximum Gasteiger partial charge on any atom is 0.153 e. The first kappa shape index (κ1) is 10.6. The Hall–Kier alpha value is -0.880. The minimum Gasteiger partial charge on any atom is -0.388 e. The predicted octanol–water partition coefficient (Wildman–Crippen LogP) is -0.488. The summed E-state index contributed by atoms with van der Waals surface area (Å²) in [5.74, 6) is -0.0626. The molecule has 5 nitrogen and oxygen atoms in total. The van der Waals surface area contributed by atoms with Crippen LogP contribution in [0.5, 0.6) is 0 Å². The molecule has 0 amide bonds. The highest BCUT2D eigenvalue weighted by Gasteiger charge is 2.40. The number of aryl methyl sites for hydroxylation is 1. The van der Waals surface area contributed by atoms with Crippen molar-refractivity contribution in [2.75, 3.05) is 11.5 Å². The van der Waals surface area contributed by atoms with E-state index in [1.165, 1.54) is 0 Å². The lowest BCUT2D eigenvalue weighted by molar-refractivity contribution is 0.0670. The maximum atomic E-state index is 11.3. The zero-order valence-corrected chi connectivity index (χ0v) is 9.37. The average Bonchev–Trinajstić information content (AvgIpc) is 2.57. The van der Waals surface area contributed by atoms with Gasteiger partial charge in [0, 0.05) is 19.7 Å². The second-order valence-electron chi connectivity index (χ2n) is 4.22. The van der Waals surface area contributed by atoms with Crippen molar-refractivity contribution >= 4 is 9.84 Å². The van der Waals surface area contributed by atoms with E-state index in [1.807, 2.05) is 0 Å². The van der Waals surface area contributed by atoms with Crippen LogP contribution in [-0.2, 0) is 23.3 Å². The van der Waals surface area contributed by atoms with Crippen molar-refractivity contribution < 1.29 is 13.5 Å². The van der Waals surface area contributed by atoms with Crippen molar-refractivity contribution in [3.8, 4) is 0 Å². The van der Waals surface area contributed by atoms with Crippen LogP contribution in [-0.4, -0.2) is 40.4 Å². The van der Waals surface area contributed by atoms with E-state index in [0.717, 1.165) is 5.69 Å². The van der Waals surface area contributed by atoms with Gasteiger partial charge >= 0.3 is 0 Å². The van der Waals surface area contributed by atoms with Gasteiger partial charge in [-0.3, -0.25) is 4.68 Å². The molecular weight excluding hydrogens is 216 g/mol. The zero-order valence-electron chi connectivity index (χ0n) is 8.55. The molecule has 0 bridgehead atoms. The highest BCUT2D eigenvalue weighted by molar-refractivity contribution is 7.91. The lowest BCUT2D eigenvalue weighted by Gasteiger charge is -2.18. The fourth-order valence-electron chi connectivity index (χ4n) is 1.93. The molecule has 1 unspecified atom stereocenters. The van der Waals surface area contributed by atoms with Gasteiger partial charge in [-0.05, 0) is 12.5 Å². The Bertz CT molecular complexity index is 465. The molecular formula is C9H14N2O3S. The molecule has 0 aromatic carbocycles. The Morgan fingerprint density at radius 3 is 2.87 bits per heavy atom. The van der Waals surface area contributed by atoms with E-state index < -0.39 is 15.4 Å². The highest BCUT2D eigenvalue weighted by Crippen LogP contribution is 2.26. The van der Waals surface area contributed by atoms with Crippen molar-refractivity contribution in [1.29, 1.82) is 0 Å². The first-order valence-corrected chi connectivity index (χ1v) is 6.62. The van der Waals surface area contributed by atoms with Crippen LogP contribution in [0.25, 0.3) is 0 Å². The number of hydrogen-bond donors (Lipinski definition) is 1. The largest absolute Gasteiger partial charge is 0.388 e. The van der Waals surface area contributed by atoms with Gasteiger partial charge in [0.15, 0.2) is 9.84 Å². The van der Waals surface area contributed by atoms with E-state index in [2.05, 4.69) is 5.10 Å². The zero-order chi connectivity index (χ0) is 11.1. The minimum atomic E-state index is -3.05. The van der Waals surface area contributed by atoms with Crippen molar-refractivity contribution in [1.82, 2.24) is 9.78 Å². The van der Waals surface area contributed by atoms with E-state index in [4.69, 9.17) is 0 Å². The molecule has 0 spiro atoms. The average molecular weight is 230 g/mol. The van der Waals surface area contributed by atoms with Crippen LogP contribution >= 0.6 is 0 Å². The number of aliphatic hydroxyl groups is 1. The number of nitrogens with zero attached hydrogens (tertiary/aromatic N) is 2. The lowest BCUT2D eigenvalue weighted by Crippen LogP contribution is -2.32. The summed E-state index contributed by atoms with van der Waals surface area (Å²) >= 11 is 0. The summed E-state index contributed by atoms with van der Waals surface area (Å²) in [5, 5.41) is 14.2. The molecule has 84 valence electrons. The first-order chi connectivity index (χ1) is 6.89. The summed E-state index contributed by atoms with van der Waals surface area (Å²) in [6.45, 7) is 0. The Morgan fingerprint density at radius 1 is 1.67 bits per heavy atom. The van der Waals surface area contributed by atoms with E-state index in [-0.39, 0.29) is 11.5 Å². The van der Waals surface area contributed by atoms with Crippen molar-refractivity contribution in [2.45, 2.75) is 18.4 Å². The molecule has 1 fully saturated rings.